The molecule has 0 heterocycles. The van der Waals surface area contributed by atoms with Gasteiger partial charge < -0.3 is 10.6 Å². The second-order valence-corrected chi connectivity index (χ2v) is 5.18. The van der Waals surface area contributed by atoms with E-state index in [-0.39, 0.29) is 18.0 Å². The predicted octanol–water partition coefficient (Wildman–Crippen LogP) is 3.62. The van der Waals surface area contributed by atoms with Gasteiger partial charge in [-0.15, -0.1) is 0 Å². The van der Waals surface area contributed by atoms with E-state index in [1.54, 1.807) is 12.1 Å². The predicted molar refractivity (Wildman–Crippen MR) is 83.0 cm³/mol. The van der Waals surface area contributed by atoms with Gasteiger partial charge in [-0.1, -0.05) is 18.2 Å². The van der Waals surface area contributed by atoms with Crippen LogP contribution in [0.5, 0.6) is 0 Å². The average Bonchev–Trinajstić information content (AvgIpc) is 2.53. The highest BCUT2D eigenvalue weighted by molar-refractivity contribution is 5.92. The number of amides is 1. The molecule has 3 nitrogen and oxygen atoms in total. The summed E-state index contributed by atoms with van der Waals surface area (Å²) in [6.45, 7) is 0.457. The van der Waals surface area contributed by atoms with E-state index in [2.05, 4.69) is 10.6 Å². The molecular weight excluding hydrogens is 324 g/mol. The van der Waals surface area contributed by atoms with Crippen LogP contribution in [0.3, 0.4) is 0 Å². The van der Waals surface area contributed by atoms with Crippen molar-refractivity contribution in [3.63, 3.8) is 0 Å². The summed E-state index contributed by atoms with van der Waals surface area (Å²) in [5, 5.41) is 5.29. The Kier molecular flexibility index (Phi) is 5.92. The zero-order valence-electron chi connectivity index (χ0n) is 12.7. The van der Waals surface area contributed by atoms with Crippen molar-refractivity contribution < 1.29 is 22.4 Å². The van der Waals surface area contributed by atoms with E-state index in [0.717, 1.165) is 17.7 Å². The largest absolute Gasteiger partial charge is 0.416 e. The Morgan fingerprint density at radius 1 is 1.04 bits per heavy atom. The summed E-state index contributed by atoms with van der Waals surface area (Å²) in [7, 11) is 0. The highest BCUT2D eigenvalue weighted by atomic mass is 19.4. The molecule has 7 heteroatoms. The topological polar surface area (TPSA) is 41.1 Å². The summed E-state index contributed by atoms with van der Waals surface area (Å²) in [5.74, 6) is -0.749. The number of hydrogen-bond acceptors (Lipinski definition) is 2. The Bertz CT molecular complexity index is 684. The van der Waals surface area contributed by atoms with Gasteiger partial charge in [-0.2, -0.15) is 13.2 Å². The number of halogens is 4. The Balaban J connectivity index is 1.76. The van der Waals surface area contributed by atoms with Crippen molar-refractivity contribution in [1.82, 2.24) is 5.32 Å². The first-order valence-electron chi connectivity index (χ1n) is 7.27. The standard InChI is InChI=1S/C17H16F4N2O/c18-14-6-4-12(5-7-14)8-9-22-11-16(24)23-15-3-1-2-13(10-15)17(19,20)21/h1-7,10,22H,8-9,11H2,(H,23,24). The molecule has 0 spiro atoms. The van der Waals surface area contributed by atoms with E-state index >= 15 is 0 Å². The number of carbonyl (C=O) groups is 1. The van der Waals surface area contributed by atoms with Crippen LogP contribution < -0.4 is 10.6 Å². The fourth-order valence-corrected chi connectivity index (χ4v) is 2.06. The van der Waals surface area contributed by atoms with Crippen LogP contribution in [0.2, 0.25) is 0 Å². The minimum Gasteiger partial charge on any atom is -0.325 e. The van der Waals surface area contributed by atoms with Crippen LogP contribution >= 0.6 is 0 Å². The Hall–Kier alpha value is -2.41. The summed E-state index contributed by atoms with van der Waals surface area (Å²) in [6, 6.07) is 10.5. The van der Waals surface area contributed by atoms with Gasteiger partial charge in [0.05, 0.1) is 12.1 Å². The van der Waals surface area contributed by atoms with E-state index in [1.807, 2.05) is 0 Å². The molecule has 0 saturated carbocycles. The molecule has 0 saturated heterocycles. The van der Waals surface area contributed by atoms with E-state index in [0.29, 0.717) is 13.0 Å². The molecule has 0 aromatic heterocycles. The van der Waals surface area contributed by atoms with Crippen LogP contribution in [-0.2, 0) is 17.4 Å². The van der Waals surface area contributed by atoms with E-state index < -0.39 is 17.6 Å². The number of benzene rings is 2. The van der Waals surface area contributed by atoms with Gasteiger partial charge in [0.1, 0.15) is 5.82 Å². The maximum absolute atomic E-state index is 12.8. The fraction of sp³-hybridized carbons (Fsp3) is 0.235. The molecule has 0 aliphatic carbocycles. The van der Waals surface area contributed by atoms with Gasteiger partial charge in [-0.3, -0.25) is 4.79 Å². The normalized spacial score (nSPS) is 11.3. The third kappa shape index (κ3) is 5.66. The van der Waals surface area contributed by atoms with Crippen LogP contribution in [0.15, 0.2) is 48.5 Å². The summed E-state index contributed by atoms with van der Waals surface area (Å²) in [5.41, 5.74) is 0.196. The van der Waals surface area contributed by atoms with Crippen LogP contribution in [0.25, 0.3) is 0 Å². The van der Waals surface area contributed by atoms with Gasteiger partial charge in [0, 0.05) is 5.69 Å². The Morgan fingerprint density at radius 2 is 1.75 bits per heavy atom. The Morgan fingerprint density at radius 3 is 2.42 bits per heavy atom. The molecule has 2 aromatic rings. The van der Waals surface area contributed by atoms with Crippen LogP contribution in [0.4, 0.5) is 23.2 Å². The van der Waals surface area contributed by atoms with Crippen molar-refractivity contribution in [2.24, 2.45) is 0 Å². The van der Waals surface area contributed by atoms with Gasteiger partial charge in [0.25, 0.3) is 0 Å². The summed E-state index contributed by atoms with van der Waals surface area (Å²) < 4.78 is 50.5. The summed E-state index contributed by atoms with van der Waals surface area (Å²) >= 11 is 0. The zero-order valence-corrected chi connectivity index (χ0v) is 12.7. The molecule has 2 rings (SSSR count). The average molecular weight is 340 g/mol. The van der Waals surface area contributed by atoms with E-state index in [4.69, 9.17) is 0 Å². The molecule has 0 aliphatic heterocycles. The maximum Gasteiger partial charge on any atom is 0.416 e. The summed E-state index contributed by atoms with van der Waals surface area (Å²) in [4.78, 5) is 11.7. The van der Waals surface area contributed by atoms with E-state index in [9.17, 15) is 22.4 Å². The van der Waals surface area contributed by atoms with Crippen molar-refractivity contribution in [2.45, 2.75) is 12.6 Å². The lowest BCUT2D eigenvalue weighted by Gasteiger charge is -2.10. The first kappa shape index (κ1) is 17.9. The number of carbonyl (C=O) groups excluding carboxylic acids is 1. The van der Waals surface area contributed by atoms with Crippen molar-refractivity contribution in [3.8, 4) is 0 Å². The first-order chi connectivity index (χ1) is 11.3. The smallest absolute Gasteiger partial charge is 0.325 e. The molecule has 0 bridgehead atoms. The molecule has 2 aromatic carbocycles. The highest BCUT2D eigenvalue weighted by Crippen LogP contribution is 2.30. The van der Waals surface area contributed by atoms with Crippen molar-refractivity contribution in [3.05, 3.63) is 65.5 Å². The lowest BCUT2D eigenvalue weighted by Crippen LogP contribution is -2.29. The molecule has 2 N–H and O–H groups in total. The third-order valence-electron chi connectivity index (χ3n) is 3.26. The quantitative estimate of drug-likeness (QED) is 0.623. The van der Waals surface area contributed by atoms with Crippen LogP contribution in [0.1, 0.15) is 11.1 Å². The summed E-state index contributed by atoms with van der Waals surface area (Å²) in [6.07, 6.45) is -3.84. The lowest BCUT2D eigenvalue weighted by molar-refractivity contribution is -0.137. The molecule has 128 valence electrons. The molecule has 0 fully saturated rings. The Labute approximate surface area is 136 Å². The van der Waals surface area contributed by atoms with Crippen molar-refractivity contribution >= 4 is 11.6 Å². The van der Waals surface area contributed by atoms with Crippen molar-refractivity contribution in [2.75, 3.05) is 18.4 Å². The minimum absolute atomic E-state index is 0.0303. The minimum atomic E-state index is -4.45. The molecule has 0 aliphatic rings. The zero-order chi connectivity index (χ0) is 17.6. The monoisotopic (exact) mass is 340 g/mol. The SMILES string of the molecule is O=C(CNCCc1ccc(F)cc1)Nc1cccc(C(F)(F)F)c1. The molecule has 24 heavy (non-hydrogen) atoms. The van der Waals surface area contributed by atoms with Crippen molar-refractivity contribution in [1.29, 1.82) is 0 Å². The maximum atomic E-state index is 12.8. The number of rotatable bonds is 6. The molecule has 0 unspecified atom stereocenters. The number of anilines is 1. The second-order valence-electron chi connectivity index (χ2n) is 5.18. The van der Waals surface area contributed by atoms with Gasteiger partial charge in [-0.25, -0.2) is 4.39 Å². The number of nitrogens with one attached hydrogen (secondary N) is 2. The van der Waals surface area contributed by atoms with Crippen LogP contribution in [-0.4, -0.2) is 19.0 Å². The van der Waals surface area contributed by atoms with Gasteiger partial charge in [0.2, 0.25) is 5.91 Å². The van der Waals surface area contributed by atoms with Gasteiger partial charge in [0.15, 0.2) is 0 Å². The molecule has 0 radical (unpaired) electrons. The second kappa shape index (κ2) is 7.92. The van der Waals surface area contributed by atoms with Crippen LogP contribution in [0, 0.1) is 5.82 Å². The van der Waals surface area contributed by atoms with E-state index in [1.165, 1.54) is 24.3 Å². The first-order valence-corrected chi connectivity index (χ1v) is 7.27. The fourth-order valence-electron chi connectivity index (χ4n) is 2.06. The van der Waals surface area contributed by atoms with Gasteiger partial charge >= 0.3 is 6.18 Å². The number of hydrogen-bond donors (Lipinski definition) is 2. The molecular formula is C17H16F4N2O. The van der Waals surface area contributed by atoms with Gasteiger partial charge in [-0.05, 0) is 48.9 Å². The third-order valence-corrected chi connectivity index (χ3v) is 3.26. The molecule has 1 amide bonds. The number of alkyl halides is 3. The highest BCUT2D eigenvalue weighted by Gasteiger charge is 2.30. The lowest BCUT2D eigenvalue weighted by atomic mass is 10.1. The molecule has 0 atom stereocenters.